The molecule has 0 aliphatic carbocycles. The molecule has 1 atom stereocenters. The van der Waals surface area contributed by atoms with Gasteiger partial charge in [-0.05, 0) is 49.7 Å². The number of nitrogens with zero attached hydrogens (tertiary/aromatic N) is 2. The van der Waals surface area contributed by atoms with Crippen molar-refractivity contribution in [2.45, 2.75) is 19.9 Å². The van der Waals surface area contributed by atoms with E-state index in [2.05, 4.69) is 0 Å². The molecule has 2 aromatic rings. The highest BCUT2D eigenvalue weighted by Gasteiger charge is 2.36. The molecule has 0 saturated carbocycles. The summed E-state index contributed by atoms with van der Waals surface area (Å²) in [5.74, 6) is -0.435. The minimum atomic E-state index is -0.610. The van der Waals surface area contributed by atoms with Gasteiger partial charge in [-0.3, -0.25) is 9.59 Å². The van der Waals surface area contributed by atoms with Crippen LogP contribution < -0.4 is 4.90 Å². The molecule has 26 heavy (non-hydrogen) atoms. The zero-order chi connectivity index (χ0) is 19.0. The summed E-state index contributed by atoms with van der Waals surface area (Å²) >= 11 is 18.1. The first-order valence-corrected chi connectivity index (χ1v) is 9.26. The average Bonchev–Trinajstić information content (AvgIpc) is 2.59. The Bertz CT molecular complexity index is 885. The Morgan fingerprint density at radius 2 is 1.69 bits per heavy atom. The van der Waals surface area contributed by atoms with E-state index < -0.39 is 6.04 Å². The molecule has 136 valence electrons. The maximum absolute atomic E-state index is 12.9. The molecule has 0 bridgehead atoms. The zero-order valence-corrected chi connectivity index (χ0v) is 16.6. The molecule has 1 aliphatic heterocycles. The van der Waals surface area contributed by atoms with Crippen molar-refractivity contribution in [3.63, 3.8) is 0 Å². The zero-order valence-electron chi connectivity index (χ0n) is 14.3. The molecule has 1 saturated heterocycles. The van der Waals surface area contributed by atoms with Crippen molar-refractivity contribution in [2.24, 2.45) is 0 Å². The van der Waals surface area contributed by atoms with Gasteiger partial charge in [-0.15, -0.1) is 0 Å². The Balaban J connectivity index is 1.86. The van der Waals surface area contributed by atoms with Gasteiger partial charge in [0, 0.05) is 28.8 Å². The smallest absolute Gasteiger partial charge is 0.256 e. The summed E-state index contributed by atoms with van der Waals surface area (Å²) < 4.78 is 0. The third-order valence-corrected chi connectivity index (χ3v) is 5.32. The van der Waals surface area contributed by atoms with Crippen LogP contribution in [-0.4, -0.2) is 35.8 Å². The van der Waals surface area contributed by atoms with Crippen molar-refractivity contribution < 1.29 is 9.59 Å². The fourth-order valence-electron chi connectivity index (χ4n) is 3.08. The van der Waals surface area contributed by atoms with E-state index in [1.165, 1.54) is 11.0 Å². The maximum atomic E-state index is 12.9. The second-order valence-electron chi connectivity index (χ2n) is 6.22. The van der Waals surface area contributed by atoms with Crippen molar-refractivity contribution in [1.82, 2.24) is 4.90 Å². The lowest BCUT2D eigenvalue weighted by Crippen LogP contribution is -2.58. The second kappa shape index (κ2) is 7.47. The second-order valence-corrected chi connectivity index (χ2v) is 7.50. The van der Waals surface area contributed by atoms with Crippen LogP contribution in [0.15, 0.2) is 36.4 Å². The number of rotatable bonds is 2. The summed E-state index contributed by atoms with van der Waals surface area (Å²) in [6.07, 6.45) is 0. The fourth-order valence-corrected chi connectivity index (χ4v) is 3.73. The molecule has 0 spiro atoms. The lowest BCUT2D eigenvalue weighted by molar-refractivity contribution is -0.124. The molecule has 1 aliphatic rings. The summed E-state index contributed by atoms with van der Waals surface area (Å²) in [6.45, 7) is 4.43. The van der Waals surface area contributed by atoms with E-state index in [0.29, 0.717) is 28.7 Å². The van der Waals surface area contributed by atoms with Gasteiger partial charge in [0.05, 0.1) is 10.6 Å². The van der Waals surface area contributed by atoms with Gasteiger partial charge in [0.2, 0.25) is 5.91 Å². The molecule has 0 radical (unpaired) electrons. The largest absolute Gasteiger partial charge is 0.325 e. The van der Waals surface area contributed by atoms with Crippen LogP contribution in [0.25, 0.3) is 0 Å². The van der Waals surface area contributed by atoms with E-state index in [9.17, 15) is 9.59 Å². The molecule has 3 rings (SSSR count). The lowest BCUT2D eigenvalue weighted by Gasteiger charge is -2.39. The Morgan fingerprint density at radius 3 is 2.38 bits per heavy atom. The van der Waals surface area contributed by atoms with Crippen LogP contribution in [0.4, 0.5) is 5.69 Å². The Labute approximate surface area is 167 Å². The number of carbonyl (C=O) groups is 2. The number of benzene rings is 2. The monoisotopic (exact) mass is 410 g/mol. The van der Waals surface area contributed by atoms with Crippen molar-refractivity contribution in [2.75, 3.05) is 18.0 Å². The van der Waals surface area contributed by atoms with E-state index in [1.807, 2.05) is 13.0 Å². The van der Waals surface area contributed by atoms with Crippen molar-refractivity contribution in [3.8, 4) is 0 Å². The van der Waals surface area contributed by atoms with Crippen LogP contribution in [0.3, 0.4) is 0 Å². The van der Waals surface area contributed by atoms with Gasteiger partial charge < -0.3 is 9.80 Å². The summed E-state index contributed by atoms with van der Waals surface area (Å²) in [5, 5.41) is 1.30. The summed E-state index contributed by atoms with van der Waals surface area (Å²) in [5.41, 5.74) is 2.06. The third kappa shape index (κ3) is 3.54. The topological polar surface area (TPSA) is 40.6 Å². The van der Waals surface area contributed by atoms with Crippen LogP contribution in [0.1, 0.15) is 22.8 Å². The maximum Gasteiger partial charge on any atom is 0.256 e. The van der Waals surface area contributed by atoms with Gasteiger partial charge in [-0.2, -0.15) is 0 Å². The predicted octanol–water partition coefficient (Wildman–Crippen LogP) is 4.83. The van der Waals surface area contributed by atoms with E-state index >= 15 is 0 Å². The highest BCUT2D eigenvalue weighted by molar-refractivity contribution is 6.36. The van der Waals surface area contributed by atoms with Crippen LogP contribution in [-0.2, 0) is 4.79 Å². The Hall–Kier alpha value is -1.75. The van der Waals surface area contributed by atoms with Crippen LogP contribution in [0, 0.1) is 6.92 Å². The van der Waals surface area contributed by atoms with E-state index in [1.54, 1.807) is 36.1 Å². The van der Waals surface area contributed by atoms with Gasteiger partial charge in [0.25, 0.3) is 5.91 Å². The van der Waals surface area contributed by atoms with Crippen molar-refractivity contribution in [3.05, 3.63) is 62.6 Å². The van der Waals surface area contributed by atoms with Gasteiger partial charge in [-0.25, -0.2) is 0 Å². The normalized spacial score (nSPS) is 17.6. The predicted molar refractivity (Wildman–Crippen MR) is 106 cm³/mol. The highest BCUT2D eigenvalue weighted by atomic mass is 35.5. The van der Waals surface area contributed by atoms with Gasteiger partial charge in [-0.1, -0.05) is 40.9 Å². The van der Waals surface area contributed by atoms with E-state index in [-0.39, 0.29) is 16.8 Å². The first kappa shape index (κ1) is 19.0. The Morgan fingerprint density at radius 1 is 1.04 bits per heavy atom. The third-order valence-electron chi connectivity index (χ3n) is 4.54. The number of aryl methyl sites for hydroxylation is 1. The molecule has 0 unspecified atom stereocenters. The number of halogens is 3. The van der Waals surface area contributed by atoms with Crippen LogP contribution >= 0.6 is 34.8 Å². The van der Waals surface area contributed by atoms with Crippen molar-refractivity contribution in [1.29, 1.82) is 0 Å². The van der Waals surface area contributed by atoms with E-state index in [0.717, 1.165) is 11.3 Å². The summed E-state index contributed by atoms with van der Waals surface area (Å²) in [6, 6.07) is 9.54. The number of anilines is 1. The quantitative estimate of drug-likeness (QED) is 0.710. The first-order chi connectivity index (χ1) is 12.3. The molecule has 0 aromatic heterocycles. The Kier molecular flexibility index (Phi) is 5.47. The van der Waals surface area contributed by atoms with E-state index in [4.69, 9.17) is 34.8 Å². The van der Waals surface area contributed by atoms with Gasteiger partial charge >= 0.3 is 0 Å². The standard InChI is InChI=1S/C19H17Cl3N2O2/c1-11-3-4-14(21)10-17(11)24-8-7-23(12(2)18(24)25)19(26)15-6-5-13(20)9-16(15)22/h3-6,9-10,12H,7-8H2,1-2H3/t12-/m1/s1. The number of hydrogen-bond acceptors (Lipinski definition) is 2. The summed E-state index contributed by atoms with van der Waals surface area (Å²) in [7, 11) is 0. The molecule has 7 heteroatoms. The highest BCUT2D eigenvalue weighted by Crippen LogP contribution is 2.29. The average molecular weight is 412 g/mol. The molecule has 2 aromatic carbocycles. The minimum absolute atomic E-state index is 0.153. The number of hydrogen-bond donors (Lipinski definition) is 0. The molecule has 4 nitrogen and oxygen atoms in total. The van der Waals surface area contributed by atoms with Gasteiger partial charge in [0.15, 0.2) is 0 Å². The van der Waals surface area contributed by atoms with Crippen molar-refractivity contribution >= 4 is 52.3 Å². The number of carbonyl (C=O) groups excluding carboxylic acids is 2. The molecule has 0 N–H and O–H groups in total. The number of piperazine rings is 1. The molecular weight excluding hydrogens is 395 g/mol. The van der Waals surface area contributed by atoms with Crippen LogP contribution in [0.5, 0.6) is 0 Å². The SMILES string of the molecule is Cc1ccc(Cl)cc1N1CCN(C(=O)c2ccc(Cl)cc2Cl)[C@H](C)C1=O. The number of amides is 2. The fraction of sp³-hybridized carbons (Fsp3) is 0.263. The summed E-state index contributed by atoms with van der Waals surface area (Å²) in [4.78, 5) is 29.0. The minimum Gasteiger partial charge on any atom is -0.325 e. The van der Waals surface area contributed by atoms with Gasteiger partial charge in [0.1, 0.15) is 6.04 Å². The lowest BCUT2D eigenvalue weighted by atomic mass is 10.1. The molecule has 1 heterocycles. The van der Waals surface area contributed by atoms with Crippen LogP contribution in [0.2, 0.25) is 15.1 Å². The molecule has 1 fully saturated rings. The molecular formula is C19H17Cl3N2O2. The first-order valence-electron chi connectivity index (χ1n) is 8.13. The molecule has 2 amide bonds.